The number of aromatic amines is 1. The van der Waals surface area contributed by atoms with Gasteiger partial charge in [0.1, 0.15) is 0 Å². The van der Waals surface area contributed by atoms with E-state index in [1.165, 1.54) is 12.7 Å². The first-order valence-electron chi connectivity index (χ1n) is 24.6. The molecule has 11 unspecified atom stereocenters. The number of H-pyrrole nitrogens is 1. The van der Waals surface area contributed by atoms with E-state index in [0.717, 1.165) is 72.9 Å². The Kier molecular flexibility index (Phi) is 16.2. The number of nitrogens with two attached hydrogens (primary N) is 1. The fourth-order valence-corrected chi connectivity index (χ4v) is 12.0. The van der Waals surface area contributed by atoms with Crippen LogP contribution in [0, 0.1) is 46.8 Å². The molecule has 0 radical (unpaired) electrons. The molecular formula is C55H73N3O8. The summed E-state index contributed by atoms with van der Waals surface area (Å²) in [5, 5.41) is 58.7. The molecule has 356 valence electrons. The Labute approximate surface area is 391 Å². The Balaban J connectivity index is 1.32. The van der Waals surface area contributed by atoms with Crippen LogP contribution in [0.3, 0.4) is 0 Å². The zero-order valence-corrected chi connectivity index (χ0v) is 39.3. The maximum atomic E-state index is 15.0. The largest absolute Gasteiger partial charge is 0.504 e. The van der Waals surface area contributed by atoms with Crippen LogP contribution in [0.2, 0.25) is 0 Å². The molecular weight excluding hydrogens is 831 g/mol. The van der Waals surface area contributed by atoms with Crippen LogP contribution in [0.1, 0.15) is 138 Å². The molecule has 2 fully saturated rings. The molecule has 11 heteroatoms. The number of ketones is 2. The molecule has 0 spiro atoms. The summed E-state index contributed by atoms with van der Waals surface area (Å²) in [6.45, 7) is 6.45. The smallest absolute Gasteiger partial charge is 0.173 e. The van der Waals surface area contributed by atoms with Gasteiger partial charge in [0, 0.05) is 43.1 Å². The van der Waals surface area contributed by atoms with Crippen molar-refractivity contribution in [1.82, 2.24) is 10.3 Å². The molecule has 66 heavy (non-hydrogen) atoms. The quantitative estimate of drug-likeness (QED) is 0.0559. The second-order valence-corrected chi connectivity index (χ2v) is 20.0. The third-order valence-electron chi connectivity index (χ3n) is 15.8. The van der Waals surface area contributed by atoms with Gasteiger partial charge in [-0.2, -0.15) is 0 Å². The van der Waals surface area contributed by atoms with Crippen LogP contribution in [0.5, 0.6) is 11.5 Å². The van der Waals surface area contributed by atoms with Crippen molar-refractivity contribution in [2.45, 2.75) is 147 Å². The number of aliphatic hydroxyl groups excluding tert-OH is 4. The van der Waals surface area contributed by atoms with Crippen molar-refractivity contribution >= 4 is 11.6 Å². The number of phenolic OH excluding ortho intramolecular Hbond substituents is 1. The van der Waals surface area contributed by atoms with Crippen molar-refractivity contribution in [3.63, 3.8) is 0 Å². The summed E-state index contributed by atoms with van der Waals surface area (Å²) in [5.74, 6) is 5.24. The van der Waals surface area contributed by atoms with E-state index < -0.39 is 53.7 Å². The lowest BCUT2D eigenvalue weighted by atomic mass is 9.62. The number of aryl methyl sites for hydroxylation is 1. The van der Waals surface area contributed by atoms with Gasteiger partial charge in [-0.15, -0.1) is 0 Å². The molecule has 2 aromatic carbocycles. The highest BCUT2D eigenvalue weighted by Gasteiger charge is 2.50. The third kappa shape index (κ3) is 10.9. The Hall–Kier alpha value is -4.86. The minimum atomic E-state index is -1.82. The first kappa shape index (κ1) is 49.1. The molecule has 1 aliphatic heterocycles. The molecule has 3 aliphatic carbocycles. The van der Waals surface area contributed by atoms with Crippen LogP contribution in [0.25, 0.3) is 0 Å². The molecule has 11 atom stereocenters. The number of carbonyl (C=O) groups excluding carboxylic acids is 2. The molecule has 11 nitrogen and oxygen atoms in total. The molecule has 0 amide bonds. The number of dihydropyridines is 1. The number of Topliss-reactive ketones (excluding diaryl/α,β-unsaturated/α-hetero) is 2. The molecule has 2 saturated carbocycles. The highest BCUT2D eigenvalue weighted by atomic mass is 16.5. The molecule has 9 N–H and O–H groups in total. The zero-order valence-electron chi connectivity index (χ0n) is 39.3. The Bertz CT molecular complexity index is 2260. The highest BCUT2D eigenvalue weighted by molar-refractivity contribution is 6.06. The number of aromatic nitrogens is 1. The number of nitrogens with one attached hydrogen (secondary N) is 2. The van der Waals surface area contributed by atoms with Crippen molar-refractivity contribution in [2.24, 2.45) is 40.7 Å². The van der Waals surface area contributed by atoms with Gasteiger partial charge in [0.25, 0.3) is 0 Å². The molecule has 1 aromatic heterocycles. The lowest BCUT2D eigenvalue weighted by Crippen LogP contribution is -2.40. The Morgan fingerprint density at radius 1 is 0.939 bits per heavy atom. The highest BCUT2D eigenvalue weighted by Crippen LogP contribution is 2.57. The van der Waals surface area contributed by atoms with Crippen molar-refractivity contribution in [1.29, 1.82) is 0 Å². The topological polar surface area (TPSA) is 198 Å². The number of fused-ring (bicyclic) bond motifs is 2. The van der Waals surface area contributed by atoms with Gasteiger partial charge in [-0.25, -0.2) is 0 Å². The summed E-state index contributed by atoms with van der Waals surface area (Å²) < 4.78 is 5.50. The van der Waals surface area contributed by atoms with Gasteiger partial charge in [0.05, 0.1) is 37.2 Å². The number of hydrogen-bond acceptors (Lipinski definition) is 10. The van der Waals surface area contributed by atoms with Crippen molar-refractivity contribution < 1.29 is 39.9 Å². The van der Waals surface area contributed by atoms with Crippen molar-refractivity contribution in [2.75, 3.05) is 13.7 Å². The van der Waals surface area contributed by atoms with Gasteiger partial charge in [-0.05, 0) is 146 Å². The van der Waals surface area contributed by atoms with Crippen molar-refractivity contribution in [3.8, 4) is 23.3 Å². The number of allylic oxidation sites excluding steroid dienone is 2. The van der Waals surface area contributed by atoms with E-state index in [1.807, 2.05) is 36.5 Å². The Morgan fingerprint density at radius 2 is 1.70 bits per heavy atom. The zero-order chi connectivity index (χ0) is 47.1. The maximum Gasteiger partial charge on any atom is 0.173 e. The normalized spacial score (nSPS) is 26.8. The minimum Gasteiger partial charge on any atom is -0.504 e. The summed E-state index contributed by atoms with van der Waals surface area (Å²) in [6.07, 6.45) is 11.1. The standard InChI is InChI=1S/C55H73N3O8/c1-5-11-44(49(62)30-42-26-39(32-58-42)33(2)14-18-47(60)34(3)59)38-25-41(55(21-9-10-22-55)40-20-23-57-52(56)29-40)24-36-15-17-43(35-12-7-6-8-13-35)45-31-50(63)51(66-4)28-37(45)16-19-48(61)54(65)53(64)46(36)27-38/h6-8,12-13,20,26,28-29,31-34,36,38,41,43-44,46-47,49,54,57-60,62-63,65H,5,9-11,14,16,18-19,21-25,27,30,56H2,1-4H3. The second kappa shape index (κ2) is 21.8. The monoisotopic (exact) mass is 904 g/mol. The third-order valence-corrected chi connectivity index (χ3v) is 15.8. The van der Waals surface area contributed by atoms with Crippen LogP contribution in [-0.2, 0) is 22.4 Å². The summed E-state index contributed by atoms with van der Waals surface area (Å²) in [6, 6.07) is 15.4. The average Bonchev–Trinajstić information content (AvgIpc) is 3.97. The Morgan fingerprint density at radius 3 is 2.39 bits per heavy atom. The molecule has 7 rings (SSSR count). The summed E-state index contributed by atoms with van der Waals surface area (Å²) in [5.41, 5.74) is 11.9. The lowest BCUT2D eigenvalue weighted by Gasteiger charge is -2.43. The number of carbonyl (C=O) groups is 2. The summed E-state index contributed by atoms with van der Waals surface area (Å²) in [4.78, 5) is 32.5. The van der Waals surface area contributed by atoms with E-state index >= 15 is 4.79 Å². The number of hydrogen-bond donors (Lipinski definition) is 8. The van der Waals surface area contributed by atoms with Gasteiger partial charge < -0.3 is 46.3 Å². The van der Waals surface area contributed by atoms with Crippen molar-refractivity contribution in [3.05, 3.63) is 106 Å². The number of aromatic hydroxyl groups is 1. The lowest BCUT2D eigenvalue weighted by molar-refractivity contribution is -0.142. The van der Waals surface area contributed by atoms with E-state index in [1.54, 1.807) is 19.1 Å². The van der Waals surface area contributed by atoms with Gasteiger partial charge in [-0.3, -0.25) is 9.59 Å². The SMILES string of the molecule is CCCC(C(O)Cc1cc(C(C)CCC(O)C(C)O)c[nH]1)C1CC2C(=O)C(O)C(=O)CCc3cc(OC)c(O)cc3C(c3ccccc3)C#CC2CC(C2(C3=CCNC(N)=C3)CCCC2)C1. The molecule has 0 bridgehead atoms. The number of aliphatic hydroxyl groups is 4. The van der Waals surface area contributed by atoms with E-state index in [4.69, 9.17) is 10.5 Å². The minimum absolute atomic E-state index is 0.0354. The number of methoxy groups -OCH3 is 1. The number of ether oxygens (including phenoxy) is 1. The summed E-state index contributed by atoms with van der Waals surface area (Å²) in [7, 11) is 1.48. The van der Waals surface area contributed by atoms with Crippen LogP contribution >= 0.6 is 0 Å². The van der Waals surface area contributed by atoms with Crippen LogP contribution in [0.15, 0.2) is 78.3 Å². The van der Waals surface area contributed by atoms with Crippen LogP contribution in [0.4, 0.5) is 0 Å². The molecule has 4 aliphatic rings. The van der Waals surface area contributed by atoms with E-state index in [-0.39, 0.29) is 53.4 Å². The maximum absolute atomic E-state index is 15.0. The van der Waals surface area contributed by atoms with Crippen LogP contribution in [-0.4, -0.2) is 80.2 Å². The fraction of sp³-hybridized carbons (Fsp3) is 0.564. The number of rotatable bonds is 15. The van der Waals surface area contributed by atoms with E-state index in [9.17, 15) is 30.3 Å². The average molecular weight is 904 g/mol. The predicted octanol–water partition coefficient (Wildman–Crippen LogP) is 7.49. The predicted molar refractivity (Wildman–Crippen MR) is 256 cm³/mol. The fourth-order valence-electron chi connectivity index (χ4n) is 12.0. The van der Waals surface area contributed by atoms with Crippen LogP contribution < -0.4 is 15.8 Å². The van der Waals surface area contributed by atoms with E-state index in [2.05, 4.69) is 54.2 Å². The number of phenols is 1. The van der Waals surface area contributed by atoms with Gasteiger partial charge in [0.15, 0.2) is 29.2 Å². The molecule has 0 saturated heterocycles. The summed E-state index contributed by atoms with van der Waals surface area (Å²) >= 11 is 0. The molecule has 3 aromatic rings. The first-order valence-corrected chi connectivity index (χ1v) is 24.6. The second-order valence-electron chi connectivity index (χ2n) is 20.0. The van der Waals surface area contributed by atoms with Gasteiger partial charge >= 0.3 is 0 Å². The number of benzene rings is 2. The van der Waals surface area contributed by atoms with Gasteiger partial charge in [0.2, 0.25) is 0 Å². The van der Waals surface area contributed by atoms with Gasteiger partial charge in [-0.1, -0.05) is 81.4 Å². The van der Waals surface area contributed by atoms with E-state index in [0.29, 0.717) is 44.5 Å². The first-order chi connectivity index (χ1) is 31.7. The molecule has 2 heterocycles.